The number of anilines is 6. The van der Waals surface area contributed by atoms with E-state index in [9.17, 15) is 0 Å². The Kier molecular flexibility index (Phi) is 7.85. The van der Waals surface area contributed by atoms with Crippen LogP contribution in [0.3, 0.4) is 0 Å². The number of nitrogens with one attached hydrogen (secondary N) is 1. The number of rotatable bonds is 8. The molecule has 8 aromatic carbocycles. The molecule has 0 spiro atoms. The van der Waals surface area contributed by atoms with Crippen LogP contribution in [0.1, 0.15) is 0 Å². The summed E-state index contributed by atoms with van der Waals surface area (Å²) in [6.07, 6.45) is 0. The average molecular weight is 754 g/mol. The van der Waals surface area contributed by atoms with Gasteiger partial charge in [0, 0.05) is 45.3 Å². The van der Waals surface area contributed by atoms with Crippen molar-refractivity contribution in [2.24, 2.45) is 0 Å². The molecule has 3 aromatic heterocycles. The molecule has 0 radical (unpaired) electrons. The third-order valence-electron chi connectivity index (χ3n) is 10.5. The van der Waals surface area contributed by atoms with Gasteiger partial charge in [0.05, 0.1) is 27.8 Å². The van der Waals surface area contributed by atoms with Crippen molar-refractivity contribution in [3.8, 4) is 22.8 Å². The Morgan fingerprint density at radius 3 is 1.74 bits per heavy atom. The molecular formula is C50H32FN5O2. The van der Waals surface area contributed by atoms with Crippen LogP contribution in [0.4, 0.5) is 38.5 Å². The lowest BCUT2D eigenvalue weighted by Gasteiger charge is -2.26. The van der Waals surface area contributed by atoms with E-state index in [0.29, 0.717) is 28.1 Å². The van der Waals surface area contributed by atoms with Gasteiger partial charge in [-0.3, -0.25) is 0 Å². The Bertz CT molecular complexity index is 3180. The molecule has 276 valence electrons. The summed E-state index contributed by atoms with van der Waals surface area (Å²) in [5.74, 6) is 0.951. The van der Waals surface area contributed by atoms with Crippen LogP contribution in [0.5, 0.6) is 0 Å². The number of fused-ring (bicyclic) bond motifs is 5. The van der Waals surface area contributed by atoms with E-state index >= 15 is 4.39 Å². The van der Waals surface area contributed by atoms with Crippen LogP contribution in [-0.2, 0) is 0 Å². The van der Waals surface area contributed by atoms with Gasteiger partial charge in [-0.25, -0.2) is 14.4 Å². The molecule has 11 aromatic rings. The summed E-state index contributed by atoms with van der Waals surface area (Å²) in [6.45, 7) is 0. The molecule has 0 aliphatic rings. The highest BCUT2D eigenvalue weighted by atomic mass is 19.1. The smallest absolute Gasteiger partial charge is 0.227 e. The molecule has 0 saturated carbocycles. The highest BCUT2D eigenvalue weighted by molar-refractivity contribution is 6.16. The molecule has 0 fully saturated rings. The first kappa shape index (κ1) is 33.4. The number of H-pyrrole nitrogens is 1. The molecule has 0 saturated heterocycles. The van der Waals surface area contributed by atoms with Crippen LogP contribution in [0.25, 0.3) is 66.9 Å². The minimum Gasteiger partial charge on any atom is -0.454 e. The maximum Gasteiger partial charge on any atom is 0.227 e. The second kappa shape index (κ2) is 13.6. The molecular weight excluding hydrogens is 722 g/mol. The van der Waals surface area contributed by atoms with Crippen LogP contribution in [-0.4, -0.2) is 15.0 Å². The second-order valence-corrected chi connectivity index (χ2v) is 14.1. The summed E-state index contributed by atoms with van der Waals surface area (Å²) in [5, 5.41) is 1.45. The van der Waals surface area contributed by atoms with Gasteiger partial charge in [0.15, 0.2) is 11.2 Å². The number of hydrogen-bond acceptors (Lipinski definition) is 6. The molecule has 0 aliphatic carbocycles. The average Bonchev–Trinajstić information content (AvgIpc) is 4.01. The van der Waals surface area contributed by atoms with E-state index in [4.69, 9.17) is 18.8 Å². The number of para-hydroxylation sites is 6. The van der Waals surface area contributed by atoms with Gasteiger partial charge in [0.25, 0.3) is 0 Å². The first-order valence-corrected chi connectivity index (χ1v) is 19.0. The van der Waals surface area contributed by atoms with Crippen LogP contribution in [0.15, 0.2) is 197 Å². The fourth-order valence-corrected chi connectivity index (χ4v) is 7.83. The fraction of sp³-hybridized carbons (Fsp3) is 0. The first-order valence-electron chi connectivity index (χ1n) is 19.0. The summed E-state index contributed by atoms with van der Waals surface area (Å²) < 4.78 is 29.1. The first-order chi connectivity index (χ1) is 28.6. The van der Waals surface area contributed by atoms with E-state index in [1.54, 1.807) is 12.1 Å². The van der Waals surface area contributed by atoms with Gasteiger partial charge in [0.1, 0.15) is 22.7 Å². The summed E-state index contributed by atoms with van der Waals surface area (Å²) in [4.78, 5) is 17.1. The van der Waals surface area contributed by atoms with E-state index in [0.717, 1.165) is 72.9 Å². The summed E-state index contributed by atoms with van der Waals surface area (Å²) >= 11 is 0. The standard InChI is InChI=1S/C50H32FN5O2/c51-34-30-39-47-43(55(35-12-3-1-4-13-35)37-28-24-33(25-29-37)50-54-42-18-9-10-20-45(42)58-50)19-11-21-46(47)57-48(39)44(31-34)56(36-14-5-2-6-15-36)38-26-22-32(23-27-38)49-52-40-16-7-8-17-41(40)53-49/h1-31H,(H,52,53). The third kappa shape index (κ3) is 5.74. The Morgan fingerprint density at radius 2 is 1.05 bits per heavy atom. The van der Waals surface area contributed by atoms with Crippen molar-refractivity contribution in [3.05, 3.63) is 194 Å². The zero-order valence-corrected chi connectivity index (χ0v) is 30.9. The number of hydrogen-bond donors (Lipinski definition) is 1. The number of furan rings is 1. The SMILES string of the molecule is Fc1cc(N(c2ccccc2)c2ccc(-c3nc4ccccc4[nH]3)cc2)c2oc3cccc(N(c4ccccc4)c4ccc(-c5nc6ccccc6o5)cc4)c3c2c1. The molecule has 0 aliphatic heterocycles. The van der Waals surface area contributed by atoms with Gasteiger partial charge >= 0.3 is 0 Å². The number of aromatic nitrogens is 3. The summed E-state index contributed by atoms with van der Waals surface area (Å²) in [7, 11) is 0. The van der Waals surface area contributed by atoms with E-state index < -0.39 is 0 Å². The highest BCUT2D eigenvalue weighted by Crippen LogP contribution is 2.47. The Hall–Kier alpha value is -7.97. The van der Waals surface area contributed by atoms with Gasteiger partial charge in [-0.05, 0) is 115 Å². The fourth-order valence-electron chi connectivity index (χ4n) is 7.83. The van der Waals surface area contributed by atoms with E-state index in [2.05, 4.69) is 40.2 Å². The second-order valence-electron chi connectivity index (χ2n) is 14.1. The van der Waals surface area contributed by atoms with E-state index in [1.165, 1.54) is 0 Å². The van der Waals surface area contributed by atoms with Crippen LogP contribution in [0.2, 0.25) is 0 Å². The van der Waals surface area contributed by atoms with Crippen molar-refractivity contribution in [1.82, 2.24) is 15.0 Å². The Labute approximate surface area is 331 Å². The predicted octanol–water partition coefficient (Wildman–Crippen LogP) is 14.0. The molecule has 8 heteroatoms. The molecule has 0 atom stereocenters. The number of halogens is 1. The lowest BCUT2D eigenvalue weighted by atomic mass is 10.1. The van der Waals surface area contributed by atoms with Gasteiger partial charge in [-0.2, -0.15) is 0 Å². The van der Waals surface area contributed by atoms with E-state index in [-0.39, 0.29) is 5.82 Å². The predicted molar refractivity (Wildman–Crippen MR) is 231 cm³/mol. The van der Waals surface area contributed by atoms with Crippen LogP contribution < -0.4 is 9.80 Å². The molecule has 11 rings (SSSR count). The monoisotopic (exact) mass is 753 g/mol. The minimum absolute atomic E-state index is 0.381. The number of oxazole rings is 1. The molecule has 0 amide bonds. The van der Waals surface area contributed by atoms with Gasteiger partial charge < -0.3 is 23.6 Å². The van der Waals surface area contributed by atoms with Crippen LogP contribution >= 0.6 is 0 Å². The maximum atomic E-state index is 16.2. The summed E-state index contributed by atoms with van der Waals surface area (Å²) in [6, 6.07) is 61.2. The molecule has 58 heavy (non-hydrogen) atoms. The van der Waals surface area contributed by atoms with Crippen molar-refractivity contribution >= 4 is 78.2 Å². The van der Waals surface area contributed by atoms with Gasteiger partial charge in [-0.15, -0.1) is 0 Å². The normalized spacial score (nSPS) is 11.5. The third-order valence-corrected chi connectivity index (χ3v) is 10.5. The molecule has 3 heterocycles. The van der Waals surface area contributed by atoms with Crippen molar-refractivity contribution in [3.63, 3.8) is 0 Å². The summed E-state index contributed by atoms with van der Waals surface area (Å²) in [5.41, 5.74) is 11.4. The number of imidazole rings is 1. The van der Waals surface area contributed by atoms with Crippen molar-refractivity contribution in [2.45, 2.75) is 0 Å². The number of aromatic amines is 1. The van der Waals surface area contributed by atoms with Gasteiger partial charge in [-0.1, -0.05) is 66.7 Å². The lowest BCUT2D eigenvalue weighted by Crippen LogP contribution is -2.11. The molecule has 0 unspecified atom stereocenters. The number of benzene rings is 8. The Morgan fingerprint density at radius 1 is 0.466 bits per heavy atom. The maximum absolute atomic E-state index is 16.2. The van der Waals surface area contributed by atoms with Crippen LogP contribution in [0, 0.1) is 5.82 Å². The van der Waals surface area contributed by atoms with Crippen molar-refractivity contribution in [1.29, 1.82) is 0 Å². The zero-order valence-electron chi connectivity index (χ0n) is 30.9. The minimum atomic E-state index is -0.381. The van der Waals surface area contributed by atoms with Gasteiger partial charge in [0.2, 0.25) is 5.89 Å². The largest absolute Gasteiger partial charge is 0.454 e. The zero-order chi connectivity index (χ0) is 38.6. The molecule has 1 N–H and O–H groups in total. The molecule has 7 nitrogen and oxygen atoms in total. The lowest BCUT2D eigenvalue weighted by molar-refractivity contribution is 0.620. The quantitative estimate of drug-likeness (QED) is 0.167. The topological polar surface area (TPSA) is 74.3 Å². The molecule has 0 bridgehead atoms. The van der Waals surface area contributed by atoms with Crippen molar-refractivity contribution < 1.29 is 13.2 Å². The highest BCUT2D eigenvalue weighted by Gasteiger charge is 2.25. The number of nitrogens with zero attached hydrogens (tertiary/aromatic N) is 4. The van der Waals surface area contributed by atoms with Crippen molar-refractivity contribution in [2.75, 3.05) is 9.80 Å². The Balaban J connectivity index is 1.05. The van der Waals surface area contributed by atoms with E-state index in [1.807, 2.05) is 150 Å².